The predicted molar refractivity (Wildman–Crippen MR) is 282 cm³/mol. The Morgan fingerprint density at radius 1 is 0.382 bits per heavy atom. The summed E-state index contributed by atoms with van der Waals surface area (Å²) in [7, 11) is 0. The number of nitrogens with zero attached hydrogens (tertiary/aromatic N) is 3. The number of rotatable bonds is 7. The Balaban J connectivity index is 0.949. The first-order chi connectivity index (χ1) is 33.7. The molecule has 11 aromatic rings. The number of amidine groups is 2. The van der Waals surface area contributed by atoms with Gasteiger partial charge in [-0.15, -0.1) is 0 Å². The van der Waals surface area contributed by atoms with Crippen molar-refractivity contribution in [3.63, 3.8) is 0 Å². The quantitative estimate of drug-likeness (QED) is 0.162. The average Bonchev–Trinajstić information content (AvgIpc) is 3.74. The molecule has 0 saturated carbocycles. The molecular formula is C64H40N4. The smallest absolute Gasteiger partial charge is 0.159 e. The maximum Gasteiger partial charge on any atom is 0.159 e. The predicted octanol–water partition coefficient (Wildman–Crippen LogP) is 15.8. The molecule has 2 aliphatic rings. The van der Waals surface area contributed by atoms with Gasteiger partial charge in [-0.2, -0.15) is 5.26 Å². The summed E-state index contributed by atoms with van der Waals surface area (Å²) in [5.74, 6) is 1.42. The second-order valence-electron chi connectivity index (χ2n) is 17.5. The molecule has 4 heteroatoms. The second kappa shape index (κ2) is 16.1. The lowest BCUT2D eigenvalue weighted by Crippen LogP contribution is -2.33. The molecule has 1 N–H and O–H groups in total. The van der Waals surface area contributed by atoms with Gasteiger partial charge in [0.05, 0.1) is 11.6 Å². The molecule has 316 valence electrons. The van der Waals surface area contributed by atoms with Crippen molar-refractivity contribution in [1.29, 1.82) is 5.26 Å². The molecule has 13 rings (SSSR count). The van der Waals surface area contributed by atoms with Gasteiger partial charge in [0, 0.05) is 22.3 Å². The van der Waals surface area contributed by atoms with Crippen LogP contribution in [0.3, 0.4) is 0 Å². The van der Waals surface area contributed by atoms with Crippen molar-refractivity contribution in [2.45, 2.75) is 6.17 Å². The van der Waals surface area contributed by atoms with Crippen LogP contribution in [0.15, 0.2) is 241 Å². The van der Waals surface area contributed by atoms with Crippen LogP contribution in [0.25, 0.3) is 99.1 Å². The summed E-state index contributed by atoms with van der Waals surface area (Å²) in [5, 5.41) is 22.1. The highest BCUT2D eigenvalue weighted by Crippen LogP contribution is 2.49. The zero-order chi connectivity index (χ0) is 45.1. The Kier molecular flexibility index (Phi) is 9.26. The standard InChI is InChI=1S/C64H40N4/c65-39-44-21-14-32-55(49-24-7-6-23-47(49)48-30-15-29-46-45-22-5-4-16-40(45)34-36-52(46)48)61(44)54-27-10-8-25-50(54)51-26-9-11-28-58(51)64-67-62(42-17-2-1-3-18-42)66-63(68-64)43-35-37-53-56-31-12-19-41-20-13-33-57(60(41)56)59(53)38-43/h1-38,64H,(H,66,67,68). The first-order valence-corrected chi connectivity index (χ1v) is 23.1. The molecule has 4 nitrogen and oxygen atoms in total. The van der Waals surface area contributed by atoms with Crippen LogP contribution in [-0.4, -0.2) is 11.7 Å². The lowest BCUT2D eigenvalue weighted by atomic mass is 9.83. The zero-order valence-corrected chi connectivity index (χ0v) is 36.9. The normalized spacial score (nSPS) is 13.7. The summed E-state index contributed by atoms with van der Waals surface area (Å²) in [6.07, 6.45) is -0.482. The summed E-state index contributed by atoms with van der Waals surface area (Å²) in [6, 6.07) is 84.0. The lowest BCUT2D eigenvalue weighted by Gasteiger charge is -2.26. The van der Waals surface area contributed by atoms with Crippen LogP contribution in [0.1, 0.15) is 28.4 Å². The highest BCUT2D eigenvalue weighted by atomic mass is 15.2. The van der Waals surface area contributed by atoms with Crippen molar-refractivity contribution in [2.24, 2.45) is 9.98 Å². The SMILES string of the molecule is N#Cc1cccc(-c2ccccc2-c2cccc3c2ccc2ccccc23)c1-c1ccccc1-c1ccccc1C1N=C(c2ccccc2)N=C(c2ccc3c(c2)-c2cccc4cccc-3c24)N1. The van der Waals surface area contributed by atoms with Crippen LogP contribution in [0.4, 0.5) is 0 Å². The first kappa shape index (κ1) is 39.2. The van der Waals surface area contributed by atoms with Crippen molar-refractivity contribution >= 4 is 44.0 Å². The molecule has 0 aromatic heterocycles. The van der Waals surface area contributed by atoms with E-state index in [-0.39, 0.29) is 0 Å². The van der Waals surface area contributed by atoms with Crippen LogP contribution in [-0.2, 0) is 0 Å². The van der Waals surface area contributed by atoms with E-state index in [2.05, 4.69) is 212 Å². The minimum absolute atomic E-state index is 0.482. The molecule has 1 heterocycles. The number of nitriles is 1. The van der Waals surface area contributed by atoms with Gasteiger partial charge in [-0.1, -0.05) is 218 Å². The Hall–Kier alpha value is -9.17. The van der Waals surface area contributed by atoms with Crippen LogP contribution >= 0.6 is 0 Å². The first-order valence-electron chi connectivity index (χ1n) is 23.1. The molecule has 1 aliphatic carbocycles. The van der Waals surface area contributed by atoms with Gasteiger partial charge in [-0.05, 0) is 106 Å². The maximum atomic E-state index is 10.9. The third-order valence-electron chi connectivity index (χ3n) is 13.8. The molecular weight excluding hydrogens is 825 g/mol. The largest absolute Gasteiger partial charge is 0.344 e. The molecule has 0 fully saturated rings. The maximum absolute atomic E-state index is 10.9. The van der Waals surface area contributed by atoms with Gasteiger partial charge in [-0.25, -0.2) is 9.98 Å². The minimum atomic E-state index is -0.482. The zero-order valence-electron chi connectivity index (χ0n) is 36.9. The third kappa shape index (κ3) is 6.36. The second-order valence-corrected chi connectivity index (χ2v) is 17.5. The Morgan fingerprint density at radius 2 is 0.956 bits per heavy atom. The third-order valence-corrected chi connectivity index (χ3v) is 13.8. The number of nitrogens with one attached hydrogen (secondary N) is 1. The fourth-order valence-corrected chi connectivity index (χ4v) is 10.7. The van der Waals surface area contributed by atoms with Crippen molar-refractivity contribution in [3.05, 3.63) is 253 Å². The van der Waals surface area contributed by atoms with E-state index >= 15 is 0 Å². The Morgan fingerprint density at radius 3 is 1.76 bits per heavy atom. The van der Waals surface area contributed by atoms with Crippen LogP contribution in [0.2, 0.25) is 0 Å². The van der Waals surface area contributed by atoms with Crippen LogP contribution in [0.5, 0.6) is 0 Å². The van der Waals surface area contributed by atoms with Gasteiger partial charge in [-0.3, -0.25) is 0 Å². The molecule has 0 bridgehead atoms. The van der Waals surface area contributed by atoms with E-state index in [0.29, 0.717) is 11.4 Å². The molecule has 1 aliphatic heterocycles. The summed E-state index contributed by atoms with van der Waals surface area (Å²) in [4.78, 5) is 10.6. The van der Waals surface area contributed by atoms with Gasteiger partial charge in [0.1, 0.15) is 12.0 Å². The number of aliphatic imine (C=N–C) groups is 2. The van der Waals surface area contributed by atoms with Gasteiger partial charge in [0.2, 0.25) is 0 Å². The van der Waals surface area contributed by atoms with E-state index in [0.717, 1.165) is 67.0 Å². The van der Waals surface area contributed by atoms with E-state index in [1.54, 1.807) is 0 Å². The Bertz CT molecular complexity index is 3960. The molecule has 0 saturated heterocycles. The van der Waals surface area contributed by atoms with Crippen molar-refractivity contribution in [2.75, 3.05) is 0 Å². The molecule has 11 aromatic carbocycles. The number of hydrogen-bond acceptors (Lipinski definition) is 4. The van der Waals surface area contributed by atoms with Crippen LogP contribution in [0, 0.1) is 11.3 Å². The van der Waals surface area contributed by atoms with E-state index in [1.807, 2.05) is 30.3 Å². The number of fused-ring (bicyclic) bond motifs is 6. The van der Waals surface area contributed by atoms with E-state index in [1.165, 1.54) is 54.6 Å². The fourth-order valence-electron chi connectivity index (χ4n) is 10.7. The fraction of sp³-hybridized carbons (Fsp3) is 0.0156. The average molecular weight is 865 g/mol. The highest BCUT2D eigenvalue weighted by molar-refractivity contribution is 6.18. The Labute approximate surface area is 394 Å². The van der Waals surface area contributed by atoms with Crippen molar-refractivity contribution in [1.82, 2.24) is 5.32 Å². The number of benzene rings is 11. The lowest BCUT2D eigenvalue weighted by molar-refractivity contribution is 0.676. The molecule has 0 spiro atoms. The summed E-state index contributed by atoms with van der Waals surface area (Å²) < 4.78 is 0. The van der Waals surface area contributed by atoms with Crippen molar-refractivity contribution in [3.8, 4) is 72.8 Å². The van der Waals surface area contributed by atoms with E-state index in [9.17, 15) is 5.26 Å². The topological polar surface area (TPSA) is 60.5 Å². The summed E-state index contributed by atoms with van der Waals surface area (Å²) >= 11 is 0. The minimum Gasteiger partial charge on any atom is -0.344 e. The van der Waals surface area contributed by atoms with Gasteiger partial charge in [0.25, 0.3) is 0 Å². The molecule has 68 heavy (non-hydrogen) atoms. The molecule has 1 atom stereocenters. The summed E-state index contributed by atoms with van der Waals surface area (Å²) in [6.45, 7) is 0. The van der Waals surface area contributed by atoms with E-state index < -0.39 is 6.17 Å². The molecule has 0 radical (unpaired) electrons. The van der Waals surface area contributed by atoms with Crippen LogP contribution < -0.4 is 5.32 Å². The van der Waals surface area contributed by atoms with Gasteiger partial charge < -0.3 is 5.32 Å². The van der Waals surface area contributed by atoms with Gasteiger partial charge in [0.15, 0.2) is 5.84 Å². The van der Waals surface area contributed by atoms with Crippen molar-refractivity contribution < 1.29 is 0 Å². The molecule has 1 unspecified atom stereocenters. The number of hydrogen-bond donors (Lipinski definition) is 1. The summed E-state index contributed by atoms with van der Waals surface area (Å²) in [5.41, 5.74) is 16.7. The highest BCUT2D eigenvalue weighted by Gasteiger charge is 2.28. The molecule has 0 amide bonds. The van der Waals surface area contributed by atoms with E-state index in [4.69, 9.17) is 9.98 Å². The monoisotopic (exact) mass is 864 g/mol. The van der Waals surface area contributed by atoms with Gasteiger partial charge >= 0.3 is 0 Å².